The van der Waals surface area contributed by atoms with Crippen molar-refractivity contribution in [2.24, 2.45) is 0 Å². The van der Waals surface area contributed by atoms with E-state index in [0.29, 0.717) is 17.6 Å². The summed E-state index contributed by atoms with van der Waals surface area (Å²) in [5.74, 6) is -0.931. The van der Waals surface area contributed by atoms with Crippen molar-refractivity contribution in [1.82, 2.24) is 0 Å². The smallest absolute Gasteiger partial charge is 0.153 e. The molecule has 2 aromatic carbocycles. The minimum atomic E-state index is -0.668. The second-order valence-corrected chi connectivity index (χ2v) is 3.68. The molecule has 2 nitrogen and oxygen atoms in total. The van der Waals surface area contributed by atoms with Gasteiger partial charge in [0.2, 0.25) is 0 Å². The molecule has 0 aliphatic carbocycles. The molecule has 0 amide bonds. The summed E-state index contributed by atoms with van der Waals surface area (Å²) in [6.07, 6.45) is 0.663. The highest BCUT2D eigenvalue weighted by atomic mass is 19.1. The Morgan fingerprint density at radius 2 is 1.89 bits per heavy atom. The number of ether oxygens (including phenoxy) is 1. The van der Waals surface area contributed by atoms with Gasteiger partial charge >= 0.3 is 0 Å². The second-order valence-electron chi connectivity index (χ2n) is 3.68. The van der Waals surface area contributed by atoms with E-state index in [1.165, 1.54) is 6.07 Å². The number of halogens is 2. The number of carbonyl (C=O) groups is 1. The Kier molecular flexibility index (Phi) is 3.67. The van der Waals surface area contributed by atoms with Crippen LogP contribution in [0.15, 0.2) is 42.5 Å². The molecular weight excluding hydrogens is 238 g/mol. The van der Waals surface area contributed by atoms with Crippen molar-refractivity contribution in [2.75, 3.05) is 0 Å². The van der Waals surface area contributed by atoms with Crippen LogP contribution in [0.4, 0.5) is 8.78 Å². The van der Waals surface area contributed by atoms with Gasteiger partial charge in [-0.15, -0.1) is 0 Å². The molecule has 2 rings (SSSR count). The van der Waals surface area contributed by atoms with Gasteiger partial charge in [0.15, 0.2) is 6.29 Å². The van der Waals surface area contributed by atoms with E-state index in [-0.39, 0.29) is 12.2 Å². The van der Waals surface area contributed by atoms with Crippen LogP contribution in [0.1, 0.15) is 15.9 Å². The molecule has 0 radical (unpaired) electrons. The molecule has 0 N–H and O–H groups in total. The van der Waals surface area contributed by atoms with Gasteiger partial charge in [0.25, 0.3) is 0 Å². The molecule has 0 saturated carbocycles. The Balaban J connectivity index is 2.14. The van der Waals surface area contributed by atoms with E-state index in [4.69, 9.17) is 4.74 Å². The van der Waals surface area contributed by atoms with Gasteiger partial charge in [-0.1, -0.05) is 12.1 Å². The molecule has 2 aromatic rings. The largest absolute Gasteiger partial charge is 0.488 e. The summed E-state index contributed by atoms with van der Waals surface area (Å²) in [4.78, 5) is 10.7. The van der Waals surface area contributed by atoms with Gasteiger partial charge in [-0.25, -0.2) is 8.78 Å². The lowest BCUT2D eigenvalue weighted by Gasteiger charge is -2.08. The van der Waals surface area contributed by atoms with Crippen LogP contribution in [-0.2, 0) is 6.61 Å². The topological polar surface area (TPSA) is 26.3 Å². The quantitative estimate of drug-likeness (QED) is 0.775. The van der Waals surface area contributed by atoms with Gasteiger partial charge in [0, 0.05) is 11.6 Å². The minimum Gasteiger partial charge on any atom is -0.488 e. The third-order valence-corrected chi connectivity index (χ3v) is 2.44. The maximum atomic E-state index is 13.3. The predicted octanol–water partition coefficient (Wildman–Crippen LogP) is 3.36. The lowest BCUT2D eigenvalue weighted by Crippen LogP contribution is -2.00. The van der Waals surface area contributed by atoms with Crippen molar-refractivity contribution in [2.45, 2.75) is 6.61 Å². The van der Waals surface area contributed by atoms with Crippen LogP contribution in [0.5, 0.6) is 5.75 Å². The molecule has 0 heterocycles. The third kappa shape index (κ3) is 2.71. The summed E-state index contributed by atoms with van der Waals surface area (Å²) in [5.41, 5.74) is 0.622. The molecule has 0 spiro atoms. The molecule has 0 aliphatic rings. The highest BCUT2D eigenvalue weighted by Gasteiger charge is 2.06. The highest BCUT2D eigenvalue weighted by molar-refractivity contribution is 5.79. The Bertz CT molecular complexity index is 567. The van der Waals surface area contributed by atoms with Crippen molar-refractivity contribution in [3.63, 3.8) is 0 Å². The zero-order valence-corrected chi connectivity index (χ0v) is 9.40. The van der Waals surface area contributed by atoms with Crippen molar-refractivity contribution in [3.8, 4) is 5.75 Å². The summed E-state index contributed by atoms with van der Waals surface area (Å²) in [6.45, 7) is -0.0586. The SMILES string of the molecule is O=Cc1ccccc1OCc1ccc(F)cc1F. The lowest BCUT2D eigenvalue weighted by molar-refractivity contribution is 0.111. The van der Waals surface area contributed by atoms with Gasteiger partial charge in [0.1, 0.15) is 24.0 Å². The van der Waals surface area contributed by atoms with Crippen molar-refractivity contribution in [3.05, 3.63) is 65.2 Å². The van der Waals surface area contributed by atoms with Crippen molar-refractivity contribution in [1.29, 1.82) is 0 Å². The highest BCUT2D eigenvalue weighted by Crippen LogP contribution is 2.18. The first kappa shape index (κ1) is 12.2. The van der Waals surface area contributed by atoms with E-state index in [9.17, 15) is 13.6 Å². The van der Waals surface area contributed by atoms with Gasteiger partial charge in [-0.05, 0) is 24.3 Å². The summed E-state index contributed by atoms with van der Waals surface area (Å²) < 4.78 is 31.4. The first-order valence-electron chi connectivity index (χ1n) is 5.31. The fraction of sp³-hybridized carbons (Fsp3) is 0.0714. The van der Waals surface area contributed by atoms with E-state index in [0.717, 1.165) is 12.1 Å². The molecule has 0 unspecified atom stereocenters. The lowest BCUT2D eigenvalue weighted by atomic mass is 10.2. The van der Waals surface area contributed by atoms with E-state index < -0.39 is 11.6 Å². The summed E-state index contributed by atoms with van der Waals surface area (Å²) in [5, 5.41) is 0. The zero-order valence-electron chi connectivity index (χ0n) is 9.40. The standard InChI is InChI=1S/C14H10F2O2/c15-12-6-5-11(13(16)7-12)9-18-14-4-2-1-3-10(14)8-17/h1-8H,9H2. The number of hydrogen-bond acceptors (Lipinski definition) is 2. The first-order valence-corrected chi connectivity index (χ1v) is 5.31. The molecule has 0 fully saturated rings. The van der Waals surface area contributed by atoms with Gasteiger partial charge in [-0.2, -0.15) is 0 Å². The van der Waals surface area contributed by atoms with Gasteiger partial charge in [0.05, 0.1) is 5.56 Å². The number of rotatable bonds is 4. The average Bonchev–Trinajstić information content (AvgIpc) is 2.38. The molecule has 92 valence electrons. The van der Waals surface area contributed by atoms with Crippen LogP contribution < -0.4 is 4.74 Å². The zero-order chi connectivity index (χ0) is 13.0. The monoisotopic (exact) mass is 248 g/mol. The number of hydrogen-bond donors (Lipinski definition) is 0. The Labute approximate surface area is 103 Å². The number of carbonyl (C=O) groups excluding carboxylic acids is 1. The van der Waals surface area contributed by atoms with Crippen molar-refractivity contribution < 1.29 is 18.3 Å². The summed E-state index contributed by atoms with van der Waals surface area (Å²) in [6, 6.07) is 9.90. The van der Waals surface area contributed by atoms with E-state index in [2.05, 4.69) is 0 Å². The van der Waals surface area contributed by atoms with Crippen LogP contribution >= 0.6 is 0 Å². The van der Waals surface area contributed by atoms with E-state index in [1.807, 2.05) is 0 Å². The molecule has 0 atom stereocenters. The molecular formula is C14H10F2O2. The molecule has 18 heavy (non-hydrogen) atoms. The van der Waals surface area contributed by atoms with Crippen LogP contribution in [-0.4, -0.2) is 6.29 Å². The fourth-order valence-corrected chi connectivity index (χ4v) is 1.50. The van der Waals surface area contributed by atoms with E-state index in [1.54, 1.807) is 24.3 Å². The third-order valence-electron chi connectivity index (χ3n) is 2.44. The van der Waals surface area contributed by atoms with Crippen molar-refractivity contribution >= 4 is 6.29 Å². The molecule has 0 aromatic heterocycles. The summed E-state index contributed by atoms with van der Waals surface area (Å²) >= 11 is 0. The van der Waals surface area contributed by atoms with Crippen LogP contribution in [0, 0.1) is 11.6 Å². The molecule has 4 heteroatoms. The van der Waals surface area contributed by atoms with Gasteiger partial charge < -0.3 is 4.74 Å². The molecule has 0 aliphatic heterocycles. The molecule has 0 bridgehead atoms. The second kappa shape index (κ2) is 5.40. The normalized spacial score (nSPS) is 10.1. The Hall–Kier alpha value is -2.23. The first-order chi connectivity index (χ1) is 8.70. The predicted molar refractivity (Wildman–Crippen MR) is 62.5 cm³/mol. The Morgan fingerprint density at radius 3 is 2.61 bits per heavy atom. The maximum absolute atomic E-state index is 13.3. The number of aldehydes is 1. The number of para-hydroxylation sites is 1. The Morgan fingerprint density at radius 1 is 1.11 bits per heavy atom. The average molecular weight is 248 g/mol. The van der Waals surface area contributed by atoms with Gasteiger partial charge in [-0.3, -0.25) is 4.79 Å². The van der Waals surface area contributed by atoms with Crippen LogP contribution in [0.25, 0.3) is 0 Å². The van der Waals surface area contributed by atoms with Crippen LogP contribution in [0.3, 0.4) is 0 Å². The minimum absolute atomic E-state index is 0.0586. The van der Waals surface area contributed by atoms with Crippen LogP contribution in [0.2, 0.25) is 0 Å². The van der Waals surface area contributed by atoms with E-state index >= 15 is 0 Å². The number of benzene rings is 2. The molecule has 0 saturated heterocycles. The fourth-order valence-electron chi connectivity index (χ4n) is 1.50. The maximum Gasteiger partial charge on any atom is 0.153 e. The summed E-state index contributed by atoms with van der Waals surface area (Å²) in [7, 11) is 0.